The molecule has 4 rings (SSSR count). The summed E-state index contributed by atoms with van der Waals surface area (Å²) in [5, 5.41) is 20.1. The van der Waals surface area contributed by atoms with Crippen molar-refractivity contribution in [3.05, 3.63) is 94.0 Å². The first-order valence-corrected chi connectivity index (χ1v) is 8.57. The highest BCUT2D eigenvalue weighted by atomic mass is 16.6. The minimum absolute atomic E-state index is 0.000578. The Morgan fingerprint density at radius 2 is 1.97 bits per heavy atom. The molecule has 0 radical (unpaired) electrons. The first kappa shape index (κ1) is 18.0. The second-order valence-corrected chi connectivity index (χ2v) is 6.18. The maximum Gasteiger partial charge on any atom is 0.374 e. The molecular weight excluding hydrogens is 374 g/mol. The first-order chi connectivity index (χ1) is 14.1. The normalized spacial score (nSPS) is 10.6. The van der Waals surface area contributed by atoms with E-state index in [-0.39, 0.29) is 18.1 Å². The van der Waals surface area contributed by atoms with E-state index in [4.69, 9.17) is 9.15 Å². The van der Waals surface area contributed by atoms with Crippen LogP contribution in [0.4, 0.5) is 5.69 Å². The summed E-state index contributed by atoms with van der Waals surface area (Å²) in [6.07, 6.45) is 3.55. The number of nitriles is 1. The zero-order valence-electron chi connectivity index (χ0n) is 14.9. The van der Waals surface area contributed by atoms with Crippen molar-refractivity contribution in [1.82, 2.24) is 4.40 Å². The Bertz CT molecular complexity index is 1260. The molecule has 29 heavy (non-hydrogen) atoms. The molecule has 3 heterocycles. The maximum atomic E-state index is 12.3. The van der Waals surface area contributed by atoms with Crippen LogP contribution in [0.3, 0.4) is 0 Å². The smallest absolute Gasteiger partial charge is 0.374 e. The third kappa shape index (κ3) is 3.44. The van der Waals surface area contributed by atoms with Crippen LogP contribution in [0.2, 0.25) is 0 Å². The Morgan fingerprint density at radius 3 is 2.69 bits per heavy atom. The fourth-order valence-electron chi connectivity index (χ4n) is 2.98. The number of fused-ring (bicyclic) bond motifs is 1. The minimum Gasteiger partial charge on any atom is -0.455 e. The number of hydrogen-bond acceptors (Lipinski definition) is 6. The quantitative estimate of drug-likeness (QED) is 0.286. The molecule has 0 saturated carbocycles. The molecule has 0 N–H and O–H groups in total. The van der Waals surface area contributed by atoms with Gasteiger partial charge in [-0.25, -0.2) is 4.79 Å². The van der Waals surface area contributed by atoms with Crippen LogP contribution in [-0.2, 0) is 11.3 Å². The minimum atomic E-state index is -0.669. The number of nitro groups is 1. The van der Waals surface area contributed by atoms with Gasteiger partial charge in [0.05, 0.1) is 16.0 Å². The predicted molar refractivity (Wildman–Crippen MR) is 102 cm³/mol. The number of aromatic nitrogens is 1. The van der Waals surface area contributed by atoms with E-state index in [2.05, 4.69) is 6.07 Å². The molecule has 0 fully saturated rings. The van der Waals surface area contributed by atoms with Crippen molar-refractivity contribution in [2.45, 2.75) is 6.61 Å². The summed E-state index contributed by atoms with van der Waals surface area (Å²) in [5.41, 5.74) is 2.34. The Morgan fingerprint density at radius 1 is 1.17 bits per heavy atom. The lowest BCUT2D eigenvalue weighted by atomic mass is 10.1. The van der Waals surface area contributed by atoms with Gasteiger partial charge in [-0.05, 0) is 36.4 Å². The topological polar surface area (TPSA) is 111 Å². The fourth-order valence-corrected chi connectivity index (χ4v) is 2.98. The van der Waals surface area contributed by atoms with Gasteiger partial charge in [0.1, 0.15) is 18.4 Å². The van der Waals surface area contributed by atoms with E-state index in [1.807, 2.05) is 24.4 Å². The number of non-ortho nitro benzene ring substituents is 1. The van der Waals surface area contributed by atoms with E-state index < -0.39 is 10.9 Å². The predicted octanol–water partition coefficient (Wildman–Crippen LogP) is 4.34. The van der Waals surface area contributed by atoms with Crippen LogP contribution in [0.25, 0.3) is 16.8 Å². The van der Waals surface area contributed by atoms with Crippen molar-refractivity contribution < 1.29 is 18.9 Å². The van der Waals surface area contributed by atoms with Crippen molar-refractivity contribution in [2.75, 3.05) is 0 Å². The molecule has 0 bridgehead atoms. The molecule has 0 unspecified atom stereocenters. The molecule has 8 nitrogen and oxygen atoms in total. The van der Waals surface area contributed by atoms with Crippen LogP contribution >= 0.6 is 0 Å². The van der Waals surface area contributed by atoms with Gasteiger partial charge in [0, 0.05) is 35.7 Å². The Kier molecular flexibility index (Phi) is 4.55. The van der Waals surface area contributed by atoms with Crippen LogP contribution in [-0.4, -0.2) is 15.3 Å². The van der Waals surface area contributed by atoms with Crippen LogP contribution in [0, 0.1) is 21.4 Å². The summed E-state index contributed by atoms with van der Waals surface area (Å²) in [5.74, 6) is -0.280. The van der Waals surface area contributed by atoms with E-state index in [1.54, 1.807) is 16.7 Å². The molecule has 0 spiro atoms. The molecule has 1 aromatic carbocycles. The lowest BCUT2D eigenvalue weighted by Crippen LogP contribution is -2.04. The van der Waals surface area contributed by atoms with Gasteiger partial charge in [0.25, 0.3) is 5.69 Å². The van der Waals surface area contributed by atoms with E-state index in [0.29, 0.717) is 22.5 Å². The van der Waals surface area contributed by atoms with Gasteiger partial charge in [-0.2, -0.15) is 5.26 Å². The molecule has 0 aliphatic heterocycles. The Hall–Kier alpha value is -4.38. The Labute approximate surface area is 164 Å². The number of carbonyl (C=O) groups is 1. The van der Waals surface area contributed by atoms with Gasteiger partial charge >= 0.3 is 5.97 Å². The number of benzene rings is 1. The summed E-state index contributed by atoms with van der Waals surface area (Å²) in [4.78, 5) is 22.6. The fraction of sp³-hybridized carbons (Fsp3) is 0.0476. The van der Waals surface area contributed by atoms with E-state index in [1.165, 1.54) is 30.3 Å². The molecule has 0 atom stereocenters. The number of nitro benzene ring substituents is 1. The number of hydrogen-bond donors (Lipinski definition) is 0. The molecule has 0 aliphatic rings. The van der Waals surface area contributed by atoms with E-state index in [9.17, 15) is 20.2 Å². The van der Waals surface area contributed by atoms with Gasteiger partial charge in [-0.1, -0.05) is 6.07 Å². The van der Waals surface area contributed by atoms with Gasteiger partial charge < -0.3 is 13.6 Å². The molecule has 142 valence electrons. The molecule has 0 saturated heterocycles. The standard InChI is InChI=1S/C21H13N3O5/c22-11-17-15(12-23-10-2-1-3-18(17)23)13-28-21(25)20-9-8-19(29-20)14-4-6-16(7-5-14)24(26)27/h1-10,12H,13H2. The molecule has 3 aromatic heterocycles. The second kappa shape index (κ2) is 7.32. The zero-order valence-corrected chi connectivity index (χ0v) is 14.9. The van der Waals surface area contributed by atoms with Gasteiger partial charge in [0.2, 0.25) is 5.76 Å². The lowest BCUT2D eigenvalue weighted by molar-refractivity contribution is -0.384. The average Bonchev–Trinajstić information content (AvgIpc) is 3.36. The molecular formula is C21H13N3O5. The molecule has 0 aliphatic carbocycles. The third-order valence-electron chi connectivity index (χ3n) is 4.40. The number of nitrogens with zero attached hydrogens (tertiary/aromatic N) is 3. The largest absolute Gasteiger partial charge is 0.455 e. The van der Waals surface area contributed by atoms with Crippen molar-refractivity contribution >= 4 is 17.2 Å². The summed E-state index contributed by atoms with van der Waals surface area (Å²) < 4.78 is 12.6. The van der Waals surface area contributed by atoms with Crippen molar-refractivity contribution in [1.29, 1.82) is 5.26 Å². The number of furan rings is 1. The summed E-state index contributed by atoms with van der Waals surface area (Å²) in [6, 6.07) is 16.5. The van der Waals surface area contributed by atoms with Gasteiger partial charge in [0.15, 0.2) is 0 Å². The van der Waals surface area contributed by atoms with Crippen LogP contribution in [0.15, 0.2) is 71.4 Å². The second-order valence-electron chi connectivity index (χ2n) is 6.18. The zero-order chi connectivity index (χ0) is 20.4. The van der Waals surface area contributed by atoms with Gasteiger partial charge in [-0.15, -0.1) is 0 Å². The highest BCUT2D eigenvalue weighted by molar-refractivity contribution is 5.87. The van der Waals surface area contributed by atoms with Crippen LogP contribution < -0.4 is 0 Å². The SMILES string of the molecule is N#Cc1c(COC(=O)c2ccc(-c3ccc([N+](=O)[O-])cc3)o2)cn2ccccc12. The highest BCUT2D eigenvalue weighted by Crippen LogP contribution is 2.25. The molecule has 0 amide bonds. The molecule has 4 aromatic rings. The first-order valence-electron chi connectivity index (χ1n) is 8.57. The summed E-state index contributed by atoms with van der Waals surface area (Å²) in [7, 11) is 0. The van der Waals surface area contributed by atoms with Crippen molar-refractivity contribution in [3.63, 3.8) is 0 Å². The number of carbonyl (C=O) groups excluding carboxylic acids is 1. The summed E-state index contributed by atoms with van der Waals surface area (Å²) >= 11 is 0. The monoisotopic (exact) mass is 387 g/mol. The highest BCUT2D eigenvalue weighted by Gasteiger charge is 2.17. The van der Waals surface area contributed by atoms with Crippen molar-refractivity contribution in [2.24, 2.45) is 0 Å². The van der Waals surface area contributed by atoms with E-state index >= 15 is 0 Å². The van der Waals surface area contributed by atoms with Crippen LogP contribution in [0.5, 0.6) is 0 Å². The third-order valence-corrected chi connectivity index (χ3v) is 4.40. The van der Waals surface area contributed by atoms with Crippen molar-refractivity contribution in [3.8, 4) is 17.4 Å². The summed E-state index contributed by atoms with van der Waals surface area (Å²) in [6.45, 7) is -0.0724. The number of rotatable bonds is 5. The lowest BCUT2D eigenvalue weighted by Gasteiger charge is -2.02. The average molecular weight is 387 g/mol. The molecule has 8 heteroatoms. The van der Waals surface area contributed by atoms with Crippen LogP contribution in [0.1, 0.15) is 21.7 Å². The maximum absolute atomic E-state index is 12.3. The van der Waals surface area contributed by atoms with Gasteiger partial charge in [-0.3, -0.25) is 10.1 Å². The number of esters is 1. The number of ether oxygens (including phenoxy) is 1. The number of pyridine rings is 1. The van der Waals surface area contributed by atoms with E-state index in [0.717, 1.165) is 5.52 Å². The Balaban J connectivity index is 1.49.